The molecule has 7 heteroatoms. The Morgan fingerprint density at radius 2 is 1.96 bits per heavy atom. The average Bonchev–Trinajstić information content (AvgIpc) is 2.96. The van der Waals surface area contributed by atoms with Gasteiger partial charge in [0.25, 0.3) is 5.91 Å². The number of alkyl halides is 3. The van der Waals surface area contributed by atoms with Crippen molar-refractivity contribution in [1.82, 2.24) is 5.32 Å². The molecule has 0 saturated carbocycles. The van der Waals surface area contributed by atoms with Crippen LogP contribution in [0.2, 0.25) is 0 Å². The standard InChI is InChI=1S/C16H16F3NO2S/c1-23(2)9-8-20-15(21)14-7-6-13(22-14)11-4-3-5-12(10-11)16(17,18)19/h3-7,10H,8-9H2,1-2H3/p+1. The van der Waals surface area contributed by atoms with Gasteiger partial charge in [0.1, 0.15) is 11.5 Å². The van der Waals surface area contributed by atoms with Gasteiger partial charge in [-0.05, 0) is 35.2 Å². The maximum atomic E-state index is 12.7. The maximum Gasteiger partial charge on any atom is 0.416 e. The van der Waals surface area contributed by atoms with Gasteiger partial charge in [-0.2, -0.15) is 13.2 Å². The molecule has 0 atom stereocenters. The lowest BCUT2D eigenvalue weighted by Gasteiger charge is -2.07. The summed E-state index contributed by atoms with van der Waals surface area (Å²) in [6.07, 6.45) is -0.268. The van der Waals surface area contributed by atoms with E-state index in [1.165, 1.54) is 24.3 Å². The summed E-state index contributed by atoms with van der Waals surface area (Å²) < 4.78 is 43.6. The van der Waals surface area contributed by atoms with Crippen LogP contribution < -0.4 is 5.32 Å². The van der Waals surface area contributed by atoms with E-state index in [2.05, 4.69) is 17.8 Å². The van der Waals surface area contributed by atoms with Gasteiger partial charge >= 0.3 is 6.18 Å². The zero-order chi connectivity index (χ0) is 17.0. The van der Waals surface area contributed by atoms with E-state index in [4.69, 9.17) is 4.42 Å². The quantitative estimate of drug-likeness (QED) is 0.843. The molecule has 1 amide bonds. The predicted octanol–water partition coefficient (Wildman–Crippen LogP) is 3.57. The van der Waals surface area contributed by atoms with E-state index in [-0.39, 0.29) is 33.9 Å². The van der Waals surface area contributed by atoms with E-state index in [1.807, 2.05) is 0 Å². The molecule has 0 bridgehead atoms. The maximum absolute atomic E-state index is 12.7. The number of rotatable bonds is 5. The lowest BCUT2D eigenvalue weighted by molar-refractivity contribution is -0.137. The van der Waals surface area contributed by atoms with Gasteiger partial charge in [-0.25, -0.2) is 0 Å². The van der Waals surface area contributed by atoms with Crippen LogP contribution in [-0.2, 0) is 17.1 Å². The highest BCUT2D eigenvalue weighted by Crippen LogP contribution is 2.32. The van der Waals surface area contributed by atoms with Crippen LogP contribution in [0.5, 0.6) is 0 Å². The topological polar surface area (TPSA) is 42.2 Å². The summed E-state index contributed by atoms with van der Waals surface area (Å²) in [5.41, 5.74) is -0.474. The zero-order valence-electron chi connectivity index (χ0n) is 12.7. The molecule has 2 aromatic rings. The van der Waals surface area contributed by atoms with Gasteiger partial charge in [-0.3, -0.25) is 4.79 Å². The van der Waals surface area contributed by atoms with E-state index < -0.39 is 11.7 Å². The molecule has 1 N–H and O–H groups in total. The second-order valence-corrected chi connectivity index (χ2v) is 7.57. The lowest BCUT2D eigenvalue weighted by Crippen LogP contribution is -2.28. The van der Waals surface area contributed by atoms with Crippen LogP contribution in [0.25, 0.3) is 11.3 Å². The smallest absolute Gasteiger partial charge is 0.416 e. The highest BCUT2D eigenvalue weighted by Gasteiger charge is 2.30. The molecule has 1 aromatic carbocycles. The third kappa shape index (κ3) is 4.79. The molecule has 0 unspecified atom stereocenters. The van der Waals surface area contributed by atoms with Crippen LogP contribution in [0.3, 0.4) is 0 Å². The molecule has 124 valence electrons. The van der Waals surface area contributed by atoms with Gasteiger partial charge in [-0.15, -0.1) is 0 Å². The molecule has 1 heterocycles. The summed E-state index contributed by atoms with van der Waals surface area (Å²) in [4.78, 5) is 11.9. The number of hydrogen-bond acceptors (Lipinski definition) is 2. The van der Waals surface area contributed by atoms with Crippen molar-refractivity contribution in [2.45, 2.75) is 6.18 Å². The van der Waals surface area contributed by atoms with Crippen molar-refractivity contribution in [2.24, 2.45) is 0 Å². The fourth-order valence-electron chi connectivity index (χ4n) is 1.92. The Hall–Kier alpha value is -1.89. The first-order chi connectivity index (χ1) is 10.8. The van der Waals surface area contributed by atoms with E-state index in [9.17, 15) is 18.0 Å². The number of carbonyl (C=O) groups excluding carboxylic acids is 1. The first kappa shape index (κ1) is 17.5. The fourth-order valence-corrected chi connectivity index (χ4v) is 2.43. The summed E-state index contributed by atoms with van der Waals surface area (Å²) in [5.74, 6) is 0.817. The van der Waals surface area contributed by atoms with Crippen LogP contribution in [0, 0.1) is 0 Å². The molecular formula is C16H17F3NO2S+. The second-order valence-electron chi connectivity index (χ2n) is 5.19. The van der Waals surface area contributed by atoms with Gasteiger partial charge in [0.15, 0.2) is 5.76 Å². The third-order valence-electron chi connectivity index (χ3n) is 3.10. The Morgan fingerprint density at radius 3 is 2.61 bits per heavy atom. The van der Waals surface area contributed by atoms with Crippen molar-refractivity contribution in [3.05, 3.63) is 47.7 Å². The Balaban J connectivity index is 2.12. The van der Waals surface area contributed by atoms with Crippen molar-refractivity contribution in [2.75, 3.05) is 24.8 Å². The van der Waals surface area contributed by atoms with Gasteiger partial charge in [0.05, 0.1) is 24.6 Å². The number of hydrogen-bond donors (Lipinski definition) is 1. The lowest BCUT2D eigenvalue weighted by atomic mass is 10.1. The molecule has 2 rings (SSSR count). The highest BCUT2D eigenvalue weighted by atomic mass is 32.2. The molecule has 23 heavy (non-hydrogen) atoms. The molecule has 0 aliphatic carbocycles. The van der Waals surface area contributed by atoms with Gasteiger partial charge < -0.3 is 9.73 Å². The molecule has 0 aliphatic heterocycles. The molecule has 0 radical (unpaired) electrons. The monoisotopic (exact) mass is 344 g/mol. The number of amides is 1. The van der Waals surface area contributed by atoms with E-state index >= 15 is 0 Å². The first-order valence-electron chi connectivity index (χ1n) is 6.87. The Kier molecular flexibility index (Phi) is 5.41. The third-order valence-corrected chi connectivity index (χ3v) is 4.12. The molecule has 0 spiro atoms. The molecular weight excluding hydrogens is 327 g/mol. The van der Waals surface area contributed by atoms with Crippen LogP contribution >= 0.6 is 0 Å². The number of halogens is 3. The van der Waals surface area contributed by atoms with Gasteiger partial charge in [-0.1, -0.05) is 12.1 Å². The van der Waals surface area contributed by atoms with Crippen molar-refractivity contribution in [3.63, 3.8) is 0 Å². The highest BCUT2D eigenvalue weighted by molar-refractivity contribution is 7.95. The van der Waals surface area contributed by atoms with Crippen LogP contribution in [0.15, 0.2) is 40.8 Å². The number of furan rings is 1. The zero-order valence-corrected chi connectivity index (χ0v) is 13.6. The van der Waals surface area contributed by atoms with Crippen LogP contribution in [0.1, 0.15) is 16.1 Å². The minimum atomic E-state index is -4.42. The molecule has 0 fully saturated rings. The summed E-state index contributed by atoms with van der Waals surface area (Å²) in [5, 5.41) is 2.72. The van der Waals surface area contributed by atoms with Crippen molar-refractivity contribution in [1.29, 1.82) is 0 Å². The largest absolute Gasteiger partial charge is 0.451 e. The number of nitrogens with one attached hydrogen (secondary N) is 1. The summed E-state index contributed by atoms with van der Waals surface area (Å²) in [6, 6.07) is 7.77. The normalized spacial score (nSPS) is 11.7. The second kappa shape index (κ2) is 7.12. The SMILES string of the molecule is C[S+](C)CCNC(=O)c1ccc(-c2cccc(C(F)(F)F)c2)o1. The Morgan fingerprint density at radius 1 is 1.22 bits per heavy atom. The van der Waals surface area contributed by atoms with E-state index in [1.54, 1.807) is 0 Å². The average molecular weight is 344 g/mol. The fraction of sp³-hybridized carbons (Fsp3) is 0.312. The Bertz CT molecular complexity index is 680. The van der Waals surface area contributed by atoms with Gasteiger partial charge in [0.2, 0.25) is 0 Å². The van der Waals surface area contributed by atoms with Crippen molar-refractivity contribution >= 4 is 16.8 Å². The number of carbonyl (C=O) groups is 1. The van der Waals surface area contributed by atoms with Crippen molar-refractivity contribution < 1.29 is 22.4 Å². The van der Waals surface area contributed by atoms with Crippen LogP contribution in [-0.4, -0.2) is 30.7 Å². The van der Waals surface area contributed by atoms with Gasteiger partial charge in [0, 0.05) is 5.56 Å². The van der Waals surface area contributed by atoms with Crippen molar-refractivity contribution in [3.8, 4) is 11.3 Å². The van der Waals surface area contributed by atoms with E-state index in [0.717, 1.165) is 17.9 Å². The molecule has 3 nitrogen and oxygen atoms in total. The van der Waals surface area contributed by atoms with Crippen LogP contribution in [0.4, 0.5) is 13.2 Å². The molecule has 1 aromatic heterocycles. The summed E-state index contributed by atoms with van der Waals surface area (Å²) >= 11 is 0. The molecule has 0 aliphatic rings. The minimum Gasteiger partial charge on any atom is -0.451 e. The van der Waals surface area contributed by atoms with E-state index in [0.29, 0.717) is 6.54 Å². The summed E-state index contributed by atoms with van der Waals surface area (Å²) in [7, 11) is 0.224. The number of benzene rings is 1. The predicted molar refractivity (Wildman–Crippen MR) is 85.6 cm³/mol. The molecule has 0 saturated heterocycles. The first-order valence-corrected chi connectivity index (χ1v) is 9.08. The summed E-state index contributed by atoms with van der Waals surface area (Å²) in [6.45, 7) is 0.536. The Labute approximate surface area is 135 Å². The minimum absolute atomic E-state index is 0.0875.